The number of aromatic nitrogens is 2. The maximum absolute atomic E-state index is 13.2. The van der Waals surface area contributed by atoms with Gasteiger partial charge in [-0.2, -0.15) is 0 Å². The molecule has 3 aromatic carbocycles. The second-order valence-electron chi connectivity index (χ2n) is 6.28. The number of amides is 1. The molecule has 0 fully saturated rings. The minimum absolute atomic E-state index is 0.143. The Bertz CT molecular complexity index is 1070. The molecule has 134 valence electrons. The highest BCUT2D eigenvalue weighted by Crippen LogP contribution is 2.18. The minimum Gasteiger partial charge on any atom is -0.345 e. The lowest BCUT2D eigenvalue weighted by Crippen LogP contribution is -2.24. The van der Waals surface area contributed by atoms with Crippen LogP contribution in [0.25, 0.3) is 11.0 Å². The molecule has 0 aliphatic heterocycles. The SMILES string of the molecule is O=C(NCc1nc2ccccc2n1Cc1ccc(F)cc1)c1ccccc1. The van der Waals surface area contributed by atoms with Crippen molar-refractivity contribution in [3.8, 4) is 0 Å². The van der Waals surface area contributed by atoms with E-state index < -0.39 is 0 Å². The zero-order valence-corrected chi connectivity index (χ0v) is 14.6. The molecular weight excluding hydrogens is 341 g/mol. The van der Waals surface area contributed by atoms with Gasteiger partial charge in [0.1, 0.15) is 11.6 Å². The van der Waals surface area contributed by atoms with Crippen LogP contribution in [0.2, 0.25) is 0 Å². The predicted octanol–water partition coefficient (Wildman–Crippen LogP) is 4.15. The van der Waals surface area contributed by atoms with E-state index in [-0.39, 0.29) is 11.7 Å². The van der Waals surface area contributed by atoms with Gasteiger partial charge in [0.2, 0.25) is 0 Å². The fraction of sp³-hybridized carbons (Fsp3) is 0.0909. The van der Waals surface area contributed by atoms with Crippen LogP contribution in [0, 0.1) is 5.82 Å². The lowest BCUT2D eigenvalue weighted by molar-refractivity contribution is 0.0949. The normalized spacial score (nSPS) is 10.9. The average Bonchev–Trinajstić information content (AvgIpc) is 3.06. The molecule has 4 nitrogen and oxygen atoms in total. The number of hydrogen-bond donors (Lipinski definition) is 1. The van der Waals surface area contributed by atoms with Gasteiger partial charge in [0, 0.05) is 12.1 Å². The summed E-state index contributed by atoms with van der Waals surface area (Å²) >= 11 is 0. The number of para-hydroxylation sites is 2. The van der Waals surface area contributed by atoms with Gasteiger partial charge in [-0.3, -0.25) is 4.79 Å². The summed E-state index contributed by atoms with van der Waals surface area (Å²) in [6.07, 6.45) is 0. The Kier molecular flexibility index (Phi) is 4.66. The summed E-state index contributed by atoms with van der Waals surface area (Å²) in [6, 6.07) is 23.3. The molecule has 0 aliphatic rings. The zero-order chi connectivity index (χ0) is 18.6. The molecular formula is C22H18FN3O. The average molecular weight is 359 g/mol. The van der Waals surface area contributed by atoms with Crippen LogP contribution in [0.3, 0.4) is 0 Å². The van der Waals surface area contributed by atoms with Crippen LogP contribution < -0.4 is 5.32 Å². The van der Waals surface area contributed by atoms with Gasteiger partial charge in [-0.15, -0.1) is 0 Å². The van der Waals surface area contributed by atoms with Crippen molar-refractivity contribution in [1.29, 1.82) is 0 Å². The van der Waals surface area contributed by atoms with E-state index in [1.807, 2.05) is 47.0 Å². The van der Waals surface area contributed by atoms with E-state index in [1.165, 1.54) is 12.1 Å². The molecule has 0 spiro atoms. The minimum atomic E-state index is -0.260. The van der Waals surface area contributed by atoms with Gasteiger partial charge in [0.25, 0.3) is 5.91 Å². The molecule has 4 aromatic rings. The molecule has 0 unspecified atom stereocenters. The number of imidazole rings is 1. The Morgan fingerprint density at radius 3 is 2.41 bits per heavy atom. The van der Waals surface area contributed by atoms with Gasteiger partial charge in [-0.25, -0.2) is 9.37 Å². The third kappa shape index (κ3) is 3.72. The lowest BCUT2D eigenvalue weighted by atomic mass is 10.2. The van der Waals surface area contributed by atoms with Crippen LogP contribution in [0.4, 0.5) is 4.39 Å². The van der Waals surface area contributed by atoms with Gasteiger partial charge < -0.3 is 9.88 Å². The summed E-state index contributed by atoms with van der Waals surface area (Å²) in [5.74, 6) is 0.352. The molecule has 1 aromatic heterocycles. The summed E-state index contributed by atoms with van der Waals surface area (Å²) in [4.78, 5) is 17.0. The summed E-state index contributed by atoms with van der Waals surface area (Å²) in [6.45, 7) is 0.862. The fourth-order valence-electron chi connectivity index (χ4n) is 3.06. The number of halogens is 1. The third-order valence-electron chi connectivity index (χ3n) is 4.43. The van der Waals surface area contributed by atoms with Crippen LogP contribution in [-0.4, -0.2) is 15.5 Å². The van der Waals surface area contributed by atoms with Crippen molar-refractivity contribution in [3.63, 3.8) is 0 Å². The third-order valence-corrected chi connectivity index (χ3v) is 4.43. The van der Waals surface area contributed by atoms with Crippen molar-refractivity contribution in [2.45, 2.75) is 13.1 Å². The van der Waals surface area contributed by atoms with Gasteiger partial charge in [-0.05, 0) is 42.0 Å². The van der Waals surface area contributed by atoms with E-state index in [9.17, 15) is 9.18 Å². The van der Waals surface area contributed by atoms with Crippen LogP contribution in [0.5, 0.6) is 0 Å². The quantitative estimate of drug-likeness (QED) is 0.582. The highest BCUT2D eigenvalue weighted by molar-refractivity contribution is 5.94. The number of rotatable bonds is 5. The number of nitrogens with one attached hydrogen (secondary N) is 1. The van der Waals surface area contributed by atoms with Crippen LogP contribution >= 0.6 is 0 Å². The van der Waals surface area contributed by atoms with Crippen molar-refractivity contribution in [2.75, 3.05) is 0 Å². The van der Waals surface area contributed by atoms with E-state index in [0.717, 1.165) is 22.4 Å². The van der Waals surface area contributed by atoms with Crippen LogP contribution in [-0.2, 0) is 13.1 Å². The van der Waals surface area contributed by atoms with Gasteiger partial charge >= 0.3 is 0 Å². The maximum Gasteiger partial charge on any atom is 0.251 e. The van der Waals surface area contributed by atoms with E-state index in [4.69, 9.17) is 0 Å². The topological polar surface area (TPSA) is 46.9 Å². The fourth-order valence-corrected chi connectivity index (χ4v) is 3.06. The molecule has 1 N–H and O–H groups in total. The first kappa shape index (κ1) is 17.0. The molecule has 1 amide bonds. The summed E-state index contributed by atoms with van der Waals surface area (Å²) in [5, 5.41) is 2.93. The second-order valence-corrected chi connectivity index (χ2v) is 6.28. The van der Waals surface area contributed by atoms with Crippen molar-refractivity contribution >= 4 is 16.9 Å². The molecule has 5 heteroatoms. The highest BCUT2D eigenvalue weighted by atomic mass is 19.1. The molecule has 0 radical (unpaired) electrons. The smallest absolute Gasteiger partial charge is 0.251 e. The molecule has 0 saturated carbocycles. The molecule has 1 heterocycles. The van der Waals surface area contributed by atoms with E-state index in [0.29, 0.717) is 18.7 Å². The Morgan fingerprint density at radius 1 is 0.926 bits per heavy atom. The Balaban J connectivity index is 1.61. The van der Waals surface area contributed by atoms with Gasteiger partial charge in [-0.1, -0.05) is 42.5 Å². The first-order valence-corrected chi connectivity index (χ1v) is 8.72. The molecule has 0 atom stereocenters. The van der Waals surface area contributed by atoms with Crippen molar-refractivity contribution in [2.24, 2.45) is 0 Å². The van der Waals surface area contributed by atoms with Crippen molar-refractivity contribution in [3.05, 3.63) is 102 Å². The number of fused-ring (bicyclic) bond motifs is 1. The number of carbonyl (C=O) groups is 1. The highest BCUT2D eigenvalue weighted by Gasteiger charge is 2.13. The molecule has 0 saturated heterocycles. The number of nitrogens with zero attached hydrogens (tertiary/aromatic N) is 2. The second kappa shape index (κ2) is 7.41. The monoisotopic (exact) mass is 359 g/mol. The summed E-state index contributed by atoms with van der Waals surface area (Å²) in [7, 11) is 0. The van der Waals surface area contributed by atoms with Crippen molar-refractivity contribution < 1.29 is 9.18 Å². The Morgan fingerprint density at radius 2 is 1.63 bits per heavy atom. The lowest BCUT2D eigenvalue weighted by Gasteiger charge is -2.11. The molecule has 27 heavy (non-hydrogen) atoms. The Hall–Kier alpha value is -3.47. The largest absolute Gasteiger partial charge is 0.345 e. The van der Waals surface area contributed by atoms with Gasteiger partial charge in [0.15, 0.2) is 0 Å². The van der Waals surface area contributed by atoms with Crippen LogP contribution in [0.1, 0.15) is 21.7 Å². The van der Waals surface area contributed by atoms with E-state index in [2.05, 4.69) is 10.3 Å². The number of benzene rings is 3. The van der Waals surface area contributed by atoms with Gasteiger partial charge in [0.05, 0.1) is 17.6 Å². The predicted molar refractivity (Wildman–Crippen MR) is 103 cm³/mol. The van der Waals surface area contributed by atoms with E-state index in [1.54, 1.807) is 24.3 Å². The first-order chi connectivity index (χ1) is 13.2. The zero-order valence-electron chi connectivity index (χ0n) is 14.6. The van der Waals surface area contributed by atoms with Crippen molar-refractivity contribution in [1.82, 2.24) is 14.9 Å². The molecule has 4 rings (SSSR count). The van der Waals surface area contributed by atoms with E-state index >= 15 is 0 Å². The number of carbonyl (C=O) groups excluding carboxylic acids is 1. The first-order valence-electron chi connectivity index (χ1n) is 8.72. The standard InChI is InChI=1S/C22H18FN3O/c23-18-12-10-16(11-13-18)15-26-20-9-5-4-8-19(20)25-21(26)14-24-22(27)17-6-2-1-3-7-17/h1-13H,14-15H2,(H,24,27). The maximum atomic E-state index is 13.2. The Labute approximate surface area is 156 Å². The molecule has 0 bridgehead atoms. The molecule has 0 aliphatic carbocycles. The van der Waals surface area contributed by atoms with Crippen LogP contribution in [0.15, 0.2) is 78.9 Å². The summed E-state index contributed by atoms with van der Waals surface area (Å²) in [5.41, 5.74) is 3.42. The summed E-state index contributed by atoms with van der Waals surface area (Å²) < 4.78 is 15.3. The number of hydrogen-bond acceptors (Lipinski definition) is 2.